The number of piperidine rings is 1. The number of ether oxygens (including phenoxy) is 1. The summed E-state index contributed by atoms with van der Waals surface area (Å²) in [7, 11) is -3.18. The van der Waals surface area contributed by atoms with Crippen molar-refractivity contribution in [2.75, 3.05) is 37.7 Å². The van der Waals surface area contributed by atoms with E-state index in [-0.39, 0.29) is 23.1 Å². The molecule has 0 unspecified atom stereocenters. The molecule has 2 fully saturated rings. The summed E-state index contributed by atoms with van der Waals surface area (Å²) in [4.78, 5) is 14.4. The number of benzene rings is 1. The van der Waals surface area contributed by atoms with E-state index in [4.69, 9.17) is 4.74 Å². The van der Waals surface area contributed by atoms with Crippen LogP contribution in [0.4, 0.5) is 0 Å². The van der Waals surface area contributed by atoms with Crippen LogP contribution in [-0.2, 0) is 14.8 Å². The molecule has 1 aromatic rings. The second kappa shape index (κ2) is 8.84. The van der Waals surface area contributed by atoms with E-state index in [0.29, 0.717) is 44.6 Å². The zero-order valence-corrected chi connectivity index (χ0v) is 17.4. The molecular weight excluding hydrogens is 384 g/mol. The fourth-order valence-electron chi connectivity index (χ4n) is 3.68. The van der Waals surface area contributed by atoms with Gasteiger partial charge in [0.15, 0.2) is 6.61 Å². The van der Waals surface area contributed by atoms with Crippen molar-refractivity contribution in [3.63, 3.8) is 0 Å². The van der Waals surface area contributed by atoms with Crippen LogP contribution >= 0.6 is 11.8 Å². The van der Waals surface area contributed by atoms with Crippen LogP contribution in [0.1, 0.15) is 32.6 Å². The van der Waals surface area contributed by atoms with Crippen molar-refractivity contribution in [2.45, 2.75) is 37.5 Å². The largest absolute Gasteiger partial charge is 0.484 e. The molecule has 3 rings (SSSR count). The van der Waals surface area contributed by atoms with Gasteiger partial charge < -0.3 is 9.64 Å². The number of sulfonamides is 1. The Kier molecular flexibility index (Phi) is 6.70. The summed E-state index contributed by atoms with van der Waals surface area (Å²) in [5, 5.41) is 0. The van der Waals surface area contributed by atoms with Gasteiger partial charge in [0.2, 0.25) is 10.0 Å². The molecule has 2 saturated heterocycles. The van der Waals surface area contributed by atoms with Crippen LogP contribution in [0.25, 0.3) is 0 Å². The highest BCUT2D eigenvalue weighted by molar-refractivity contribution is 8.00. The van der Waals surface area contributed by atoms with Crippen LogP contribution in [0.2, 0.25) is 0 Å². The summed E-state index contributed by atoms with van der Waals surface area (Å²) in [6.45, 7) is 3.69. The quantitative estimate of drug-likeness (QED) is 0.689. The first-order valence-corrected chi connectivity index (χ1v) is 12.2. The maximum absolute atomic E-state index is 12.8. The van der Waals surface area contributed by atoms with Crippen molar-refractivity contribution in [3.8, 4) is 5.75 Å². The highest BCUT2D eigenvalue weighted by Gasteiger charge is 2.47. The summed E-state index contributed by atoms with van der Waals surface area (Å²) in [6.07, 6.45) is 2.93. The van der Waals surface area contributed by atoms with Gasteiger partial charge >= 0.3 is 0 Å². The molecular formula is C19H28N2O4S2. The zero-order valence-electron chi connectivity index (χ0n) is 15.8. The highest BCUT2D eigenvalue weighted by Crippen LogP contribution is 2.44. The Morgan fingerprint density at radius 2 is 1.89 bits per heavy atom. The first kappa shape index (κ1) is 20.5. The van der Waals surface area contributed by atoms with Crippen molar-refractivity contribution in [1.29, 1.82) is 0 Å². The molecule has 0 atom stereocenters. The van der Waals surface area contributed by atoms with Crippen molar-refractivity contribution in [1.82, 2.24) is 9.21 Å². The molecule has 0 N–H and O–H groups in total. The smallest absolute Gasteiger partial charge is 0.261 e. The van der Waals surface area contributed by atoms with Gasteiger partial charge in [0.05, 0.1) is 10.6 Å². The molecule has 1 spiro atoms. The summed E-state index contributed by atoms with van der Waals surface area (Å²) in [5.74, 6) is 1.77. The van der Waals surface area contributed by atoms with Crippen LogP contribution in [0.15, 0.2) is 30.3 Å². The number of para-hydroxylation sites is 1. The van der Waals surface area contributed by atoms with Gasteiger partial charge in [-0.15, -0.1) is 11.8 Å². The van der Waals surface area contributed by atoms with Gasteiger partial charge in [-0.1, -0.05) is 31.5 Å². The van der Waals surface area contributed by atoms with Gasteiger partial charge in [-0.25, -0.2) is 12.7 Å². The van der Waals surface area contributed by atoms with E-state index in [9.17, 15) is 13.2 Å². The van der Waals surface area contributed by atoms with Gasteiger partial charge in [0.25, 0.3) is 5.91 Å². The summed E-state index contributed by atoms with van der Waals surface area (Å²) >= 11 is 1.78. The Bertz CT molecular complexity index is 731. The molecule has 1 amide bonds. The number of unbranched alkanes of at least 4 members (excludes halogenated alkanes) is 1. The molecule has 0 aromatic heterocycles. The van der Waals surface area contributed by atoms with Gasteiger partial charge in [0.1, 0.15) is 5.75 Å². The Labute approximate surface area is 166 Å². The number of hydrogen-bond donors (Lipinski definition) is 0. The van der Waals surface area contributed by atoms with Crippen molar-refractivity contribution < 1.29 is 17.9 Å². The number of carbonyl (C=O) groups is 1. The average molecular weight is 413 g/mol. The Morgan fingerprint density at radius 3 is 2.56 bits per heavy atom. The van der Waals surface area contributed by atoms with Crippen molar-refractivity contribution >= 4 is 27.7 Å². The molecule has 0 bridgehead atoms. The minimum Gasteiger partial charge on any atom is -0.484 e. The molecule has 8 heteroatoms. The lowest BCUT2D eigenvalue weighted by Crippen LogP contribution is -2.54. The monoisotopic (exact) mass is 412 g/mol. The first-order chi connectivity index (χ1) is 13.0. The summed E-state index contributed by atoms with van der Waals surface area (Å²) < 4.78 is 32.1. The molecule has 0 radical (unpaired) electrons. The average Bonchev–Trinajstić information content (AvgIpc) is 3.08. The SMILES string of the molecule is CCCCS(=O)(=O)N1CCC2(CC1)SCCN2C(=O)COc1ccccc1. The van der Waals surface area contributed by atoms with Crippen LogP contribution in [0.5, 0.6) is 5.75 Å². The maximum atomic E-state index is 12.8. The lowest BCUT2D eigenvalue weighted by molar-refractivity contribution is -0.136. The Hall–Kier alpha value is -1.25. The minimum atomic E-state index is -3.18. The normalized spacial score (nSPS) is 20.1. The fraction of sp³-hybridized carbons (Fsp3) is 0.632. The summed E-state index contributed by atoms with van der Waals surface area (Å²) in [5.41, 5.74) is 0. The molecule has 2 heterocycles. The van der Waals surface area contributed by atoms with E-state index >= 15 is 0 Å². The van der Waals surface area contributed by atoms with Crippen molar-refractivity contribution in [3.05, 3.63) is 30.3 Å². The molecule has 1 aromatic carbocycles. The predicted molar refractivity (Wildman–Crippen MR) is 108 cm³/mol. The molecule has 2 aliphatic heterocycles. The Balaban J connectivity index is 1.58. The highest BCUT2D eigenvalue weighted by atomic mass is 32.2. The van der Waals surface area contributed by atoms with Crippen LogP contribution in [0, 0.1) is 0 Å². The van der Waals surface area contributed by atoms with Crippen LogP contribution in [0.3, 0.4) is 0 Å². The van der Waals surface area contributed by atoms with E-state index in [1.54, 1.807) is 16.1 Å². The lowest BCUT2D eigenvalue weighted by atomic mass is 10.0. The van der Waals surface area contributed by atoms with Crippen LogP contribution in [-0.4, -0.2) is 66.1 Å². The van der Waals surface area contributed by atoms with E-state index in [1.165, 1.54) is 0 Å². The lowest BCUT2D eigenvalue weighted by Gasteiger charge is -2.43. The van der Waals surface area contributed by atoms with Crippen molar-refractivity contribution in [2.24, 2.45) is 0 Å². The van der Waals surface area contributed by atoms with Gasteiger partial charge in [-0.3, -0.25) is 4.79 Å². The third-order valence-corrected chi connectivity index (χ3v) is 8.75. The van der Waals surface area contributed by atoms with E-state index in [2.05, 4.69) is 0 Å². The molecule has 27 heavy (non-hydrogen) atoms. The first-order valence-electron chi connectivity index (χ1n) is 9.57. The third kappa shape index (κ3) is 4.78. The molecule has 6 nitrogen and oxygen atoms in total. The molecule has 2 aliphatic rings. The van der Waals surface area contributed by atoms with Gasteiger partial charge in [-0.2, -0.15) is 0 Å². The maximum Gasteiger partial charge on any atom is 0.261 e. The van der Waals surface area contributed by atoms with E-state index < -0.39 is 10.0 Å². The molecule has 0 aliphatic carbocycles. The molecule has 150 valence electrons. The second-order valence-electron chi connectivity index (χ2n) is 7.01. The van der Waals surface area contributed by atoms with Crippen LogP contribution < -0.4 is 4.74 Å². The molecule has 0 saturated carbocycles. The fourth-order valence-corrected chi connectivity index (χ4v) is 6.81. The standard InChI is InChI=1S/C19H28N2O4S2/c1-2-3-15-27(23,24)20-11-9-19(10-12-20)21(13-14-26-19)18(22)16-25-17-7-5-4-6-8-17/h4-8H,2-3,9-16H2,1H3. The number of carbonyl (C=O) groups excluding carboxylic acids is 1. The topological polar surface area (TPSA) is 66.9 Å². The number of thioether (sulfide) groups is 1. The number of hydrogen-bond acceptors (Lipinski definition) is 5. The third-order valence-electron chi connectivity index (χ3n) is 5.24. The zero-order chi connectivity index (χ0) is 19.3. The predicted octanol–water partition coefficient (Wildman–Crippen LogP) is 2.56. The number of amides is 1. The number of nitrogens with zero attached hydrogens (tertiary/aromatic N) is 2. The Morgan fingerprint density at radius 1 is 1.19 bits per heavy atom. The summed E-state index contributed by atoms with van der Waals surface area (Å²) in [6, 6.07) is 9.33. The number of rotatable bonds is 7. The van der Waals surface area contributed by atoms with Gasteiger partial charge in [-0.05, 0) is 31.4 Å². The van der Waals surface area contributed by atoms with Gasteiger partial charge in [0, 0.05) is 25.4 Å². The van der Waals surface area contributed by atoms with E-state index in [1.807, 2.05) is 42.2 Å². The second-order valence-corrected chi connectivity index (χ2v) is 10.6. The van der Waals surface area contributed by atoms with E-state index in [0.717, 1.165) is 12.2 Å². The minimum absolute atomic E-state index is 0.0187.